The van der Waals surface area contributed by atoms with Crippen LogP contribution in [-0.4, -0.2) is 0 Å². The quantitative estimate of drug-likeness (QED) is 0.188. The predicted molar refractivity (Wildman–Crippen MR) is 204 cm³/mol. The molecule has 3 nitrogen and oxygen atoms in total. The van der Waals surface area contributed by atoms with Crippen molar-refractivity contribution >= 4 is 71.7 Å². The third kappa shape index (κ3) is 4.44. The molecule has 0 aliphatic carbocycles. The summed E-state index contributed by atoms with van der Waals surface area (Å²) in [6.45, 7) is 0. The van der Waals surface area contributed by atoms with Gasteiger partial charge in [-0.2, -0.15) is 0 Å². The first-order valence-electron chi connectivity index (χ1n) is 21.2. The highest BCUT2D eigenvalue weighted by Crippen LogP contribution is 2.45. The molecule has 0 aliphatic heterocycles. The monoisotopic (exact) mass is 638 g/mol. The van der Waals surface area contributed by atoms with Gasteiger partial charge in [0.25, 0.3) is 0 Å². The van der Waals surface area contributed by atoms with Gasteiger partial charge >= 0.3 is 0 Å². The molecule has 0 N–H and O–H groups in total. The number of hydrogen-bond donors (Lipinski definition) is 0. The summed E-state index contributed by atoms with van der Waals surface area (Å²) in [6.07, 6.45) is 0. The van der Waals surface area contributed by atoms with Crippen LogP contribution in [0.4, 0.5) is 17.1 Å². The third-order valence-corrected chi connectivity index (χ3v) is 8.86. The Morgan fingerprint density at radius 1 is 0.429 bits per heavy atom. The largest absolute Gasteiger partial charge is 0.455 e. The minimum atomic E-state index is -0.639. The summed E-state index contributed by atoms with van der Waals surface area (Å²) < 4.78 is 111. The summed E-state index contributed by atoms with van der Waals surface area (Å²) in [4.78, 5) is 1.66. The summed E-state index contributed by atoms with van der Waals surface area (Å²) in [5.41, 5.74) is 2.63. The van der Waals surface area contributed by atoms with E-state index < -0.39 is 66.5 Å². The number of anilines is 3. The van der Waals surface area contributed by atoms with E-state index in [0.717, 1.165) is 27.3 Å². The zero-order valence-electron chi connectivity index (χ0n) is 36.7. The lowest BCUT2D eigenvalue weighted by atomic mass is 10.0. The van der Waals surface area contributed by atoms with Gasteiger partial charge in [-0.25, -0.2) is 0 Å². The van der Waals surface area contributed by atoms with Crippen molar-refractivity contribution in [3.8, 4) is 22.3 Å². The molecule has 8 aromatic carbocycles. The van der Waals surface area contributed by atoms with Crippen molar-refractivity contribution in [3.05, 3.63) is 176 Å². The van der Waals surface area contributed by atoms with Crippen LogP contribution in [0.25, 0.3) is 76.9 Å². The first-order valence-corrected chi connectivity index (χ1v) is 15.7. The van der Waals surface area contributed by atoms with Crippen molar-refractivity contribution in [3.63, 3.8) is 0 Å². The van der Waals surface area contributed by atoms with Crippen molar-refractivity contribution in [1.29, 1.82) is 0 Å². The van der Waals surface area contributed by atoms with Gasteiger partial charge in [-0.1, -0.05) is 127 Å². The standard InChI is InChI=1S/C46H29NO2/c1-2-10-30(11-3-1)31-20-25-34(26-21-31)47(41-17-9-19-43-44(41)40-29-24-32-12-4-5-13-36(32)46(40)49-43)35-27-22-33(23-28-35)37-15-8-16-39-38-14-6-7-18-42(38)48-45(37)39/h1-29H/i6D,7D,8D,14D,15D,16D,18D,22D,23D,27D,28D. The molecular formula is C46H29NO2. The van der Waals surface area contributed by atoms with E-state index in [4.69, 9.17) is 18.4 Å². The summed E-state index contributed by atoms with van der Waals surface area (Å²) in [6, 6.07) is 28.4. The molecule has 0 amide bonds. The summed E-state index contributed by atoms with van der Waals surface area (Å²) in [5.74, 6) is 0. The van der Waals surface area contributed by atoms with E-state index in [0.29, 0.717) is 27.9 Å². The highest BCUT2D eigenvalue weighted by atomic mass is 16.3. The predicted octanol–water partition coefficient (Wildman–Crippen LogP) is 13.4. The van der Waals surface area contributed by atoms with Crippen molar-refractivity contribution < 1.29 is 23.9 Å². The van der Waals surface area contributed by atoms with Gasteiger partial charge in [0, 0.05) is 38.5 Å². The third-order valence-electron chi connectivity index (χ3n) is 8.86. The lowest BCUT2D eigenvalue weighted by Crippen LogP contribution is -2.10. The topological polar surface area (TPSA) is 29.5 Å². The molecule has 0 bridgehead atoms. The van der Waals surface area contributed by atoms with Gasteiger partial charge in [0.2, 0.25) is 0 Å². The maximum Gasteiger partial charge on any atom is 0.143 e. The molecule has 0 saturated carbocycles. The van der Waals surface area contributed by atoms with Gasteiger partial charge in [0.1, 0.15) is 22.3 Å². The van der Waals surface area contributed by atoms with Crippen molar-refractivity contribution in [1.82, 2.24) is 0 Å². The van der Waals surface area contributed by atoms with Crippen LogP contribution in [-0.2, 0) is 0 Å². The van der Waals surface area contributed by atoms with Crippen molar-refractivity contribution in [2.45, 2.75) is 0 Å². The van der Waals surface area contributed by atoms with Crippen LogP contribution in [0.15, 0.2) is 184 Å². The molecule has 230 valence electrons. The molecular weight excluding hydrogens is 599 g/mol. The molecule has 0 saturated heterocycles. The van der Waals surface area contributed by atoms with Crippen LogP contribution in [0.5, 0.6) is 0 Å². The Hall–Kier alpha value is -6.58. The summed E-state index contributed by atoms with van der Waals surface area (Å²) in [5, 5.41) is 2.95. The molecule has 0 spiro atoms. The molecule has 3 heteroatoms. The zero-order valence-corrected chi connectivity index (χ0v) is 25.7. The minimum Gasteiger partial charge on any atom is -0.455 e. The number of para-hydroxylation sites is 2. The van der Waals surface area contributed by atoms with Gasteiger partial charge < -0.3 is 13.7 Å². The fourth-order valence-electron chi connectivity index (χ4n) is 6.59. The summed E-state index contributed by atoms with van der Waals surface area (Å²) >= 11 is 0. The fraction of sp³-hybridized carbons (Fsp3) is 0. The molecule has 0 aliphatic rings. The van der Waals surface area contributed by atoms with Crippen LogP contribution in [0.2, 0.25) is 0 Å². The van der Waals surface area contributed by atoms with Crippen LogP contribution >= 0.6 is 0 Å². The van der Waals surface area contributed by atoms with Gasteiger partial charge in [-0.3, -0.25) is 0 Å². The van der Waals surface area contributed by atoms with Crippen molar-refractivity contribution in [2.75, 3.05) is 4.90 Å². The van der Waals surface area contributed by atoms with Gasteiger partial charge in [0.05, 0.1) is 26.2 Å². The average molecular weight is 639 g/mol. The molecule has 0 unspecified atom stereocenters. The normalized spacial score (nSPS) is 14.8. The van der Waals surface area contributed by atoms with E-state index in [1.54, 1.807) is 11.0 Å². The highest BCUT2D eigenvalue weighted by Gasteiger charge is 2.21. The number of fused-ring (bicyclic) bond motifs is 8. The number of rotatable bonds is 5. The Morgan fingerprint density at radius 2 is 1.18 bits per heavy atom. The molecule has 0 atom stereocenters. The Bertz CT molecular complexity index is 3420. The van der Waals surface area contributed by atoms with E-state index in [1.165, 1.54) is 0 Å². The second-order valence-corrected chi connectivity index (χ2v) is 11.6. The molecule has 2 heterocycles. The van der Waals surface area contributed by atoms with E-state index in [9.17, 15) is 5.48 Å². The summed E-state index contributed by atoms with van der Waals surface area (Å²) in [7, 11) is 0. The second kappa shape index (κ2) is 11.0. The number of nitrogens with zero attached hydrogens (tertiary/aromatic N) is 1. The smallest absolute Gasteiger partial charge is 0.143 e. The molecule has 49 heavy (non-hydrogen) atoms. The van der Waals surface area contributed by atoms with Crippen molar-refractivity contribution in [2.24, 2.45) is 0 Å². The lowest BCUT2D eigenvalue weighted by Gasteiger charge is -2.26. The van der Waals surface area contributed by atoms with Crippen LogP contribution in [0.3, 0.4) is 0 Å². The Balaban J connectivity index is 1.27. The van der Waals surface area contributed by atoms with Gasteiger partial charge in [-0.15, -0.1) is 0 Å². The van der Waals surface area contributed by atoms with Crippen LogP contribution < -0.4 is 4.90 Å². The van der Waals surface area contributed by atoms with Crippen LogP contribution in [0, 0.1) is 0 Å². The maximum atomic E-state index is 9.64. The van der Waals surface area contributed by atoms with E-state index >= 15 is 0 Å². The van der Waals surface area contributed by atoms with E-state index in [-0.39, 0.29) is 38.8 Å². The van der Waals surface area contributed by atoms with E-state index in [1.807, 2.05) is 103 Å². The first-order chi connectivity index (χ1) is 28.9. The first kappa shape index (κ1) is 18.7. The van der Waals surface area contributed by atoms with E-state index in [2.05, 4.69) is 0 Å². The average Bonchev–Trinajstić information content (AvgIpc) is 3.87. The van der Waals surface area contributed by atoms with Gasteiger partial charge in [-0.05, 0) is 70.5 Å². The second-order valence-electron chi connectivity index (χ2n) is 11.6. The molecule has 10 rings (SSSR count). The number of hydrogen-bond acceptors (Lipinski definition) is 3. The maximum absolute atomic E-state index is 9.64. The minimum absolute atomic E-state index is 0.112. The SMILES string of the molecule is [2H]c1c([2H])c(N(c2ccc(-c3ccccc3)cc2)c2cccc3oc4c5ccccc5ccc4c23)c([2H])c([2H])c1-c1c([2H])c([2H])c([2H])c2c1oc1c([2H])c([2H])c([2H])c([2H])c12. The molecule has 10 aromatic rings. The van der Waals surface area contributed by atoms with Crippen LogP contribution in [0.1, 0.15) is 15.1 Å². The molecule has 2 aromatic heterocycles. The van der Waals surface area contributed by atoms with Gasteiger partial charge in [0.15, 0.2) is 0 Å². The molecule has 0 fully saturated rings. The number of furan rings is 2. The Labute approximate surface area is 298 Å². The number of benzene rings is 8. The lowest BCUT2D eigenvalue weighted by molar-refractivity contribution is 0.670. The Kier molecular flexibility index (Phi) is 4.19. The molecule has 0 radical (unpaired) electrons. The fourth-order valence-corrected chi connectivity index (χ4v) is 6.59. The Morgan fingerprint density at radius 3 is 2.06 bits per heavy atom. The highest BCUT2D eigenvalue weighted by molar-refractivity contribution is 6.19. The zero-order chi connectivity index (χ0) is 41.9.